The van der Waals surface area contributed by atoms with Gasteiger partial charge in [0.1, 0.15) is 0 Å². The molecule has 5 aromatic rings. The summed E-state index contributed by atoms with van der Waals surface area (Å²) in [5.74, 6) is 0.349. The van der Waals surface area contributed by atoms with Gasteiger partial charge in [0.2, 0.25) is 0 Å². The van der Waals surface area contributed by atoms with E-state index in [4.69, 9.17) is 0 Å². The van der Waals surface area contributed by atoms with Crippen molar-refractivity contribution < 1.29 is 46.1 Å². The minimum atomic E-state index is -3.12. The predicted octanol–water partition coefficient (Wildman–Crippen LogP) is 8.85. The monoisotopic (exact) mass is 884 g/mol. The molecular formula is C55H64Cl2Zr. The summed E-state index contributed by atoms with van der Waals surface area (Å²) < 4.78 is 3.66. The van der Waals surface area contributed by atoms with Crippen LogP contribution in [0, 0.1) is 5.92 Å². The number of halogens is 2. The maximum atomic E-state index is 2.63. The SMILES string of the molecule is CC1=[C]([Zr+2](=[C](c2ccc(C(C)(C)C)cc2)c2ccc(C(C)(C)C)cc2)[CH]2c3cc(C(C)(C)C)ccc3-c3ccc(C(C)(C)C)cc32)C(C)C=C1c1ccccc1.[Cl-].[Cl-]. The molecule has 58 heavy (non-hydrogen) atoms. The van der Waals surface area contributed by atoms with E-state index in [1.165, 1.54) is 61.2 Å². The van der Waals surface area contributed by atoms with Crippen LogP contribution in [0.25, 0.3) is 16.7 Å². The maximum Gasteiger partial charge on any atom is -1.00 e. The number of allylic oxidation sites excluding steroid dienone is 4. The standard InChI is InChI=1S/C21H25.C21H26.C13H13.2ClH.Zr/c1-20(2,3)16-7-9-18-14(12-16)11-15-13-17(21(4,5)6)8-10-19(15)18;1-20(2,3)18-11-7-16(8-12-18)15-17-9-13-19(14-10-17)21(4,5)6;1-10-8-11(2)13(9-10)12-6-4-3-5-7-12;;;/h7-13H,1-6H3;7-14H,1-6H3;3-7,9-10H,1-2H3;2*1H;/q;;;;;+2/p-2. The molecule has 2 aliphatic carbocycles. The van der Waals surface area contributed by atoms with Crippen LogP contribution in [0.15, 0.2) is 130 Å². The molecule has 1 atom stereocenters. The molecule has 7 rings (SSSR count). The van der Waals surface area contributed by atoms with E-state index < -0.39 is 21.3 Å². The van der Waals surface area contributed by atoms with E-state index in [2.05, 4.69) is 218 Å². The second-order valence-corrected chi connectivity index (χ2v) is 26.8. The molecule has 3 heteroatoms. The summed E-state index contributed by atoms with van der Waals surface area (Å²) in [5.41, 5.74) is 18.9. The van der Waals surface area contributed by atoms with E-state index in [0.717, 1.165) is 0 Å². The van der Waals surface area contributed by atoms with Gasteiger partial charge in [-0.15, -0.1) is 0 Å². The molecule has 0 aliphatic heterocycles. The zero-order valence-electron chi connectivity index (χ0n) is 37.5. The number of hydrogen-bond donors (Lipinski definition) is 0. The Labute approximate surface area is 371 Å². The van der Waals surface area contributed by atoms with Gasteiger partial charge in [-0.3, -0.25) is 0 Å². The van der Waals surface area contributed by atoms with Gasteiger partial charge < -0.3 is 24.8 Å². The van der Waals surface area contributed by atoms with Crippen molar-refractivity contribution in [3.63, 3.8) is 0 Å². The Morgan fingerprint density at radius 1 is 0.483 bits per heavy atom. The predicted molar refractivity (Wildman–Crippen MR) is 241 cm³/mol. The molecule has 0 fully saturated rings. The van der Waals surface area contributed by atoms with Crippen LogP contribution in [0.2, 0.25) is 0 Å². The fourth-order valence-corrected chi connectivity index (χ4v) is 18.9. The topological polar surface area (TPSA) is 0 Å². The molecule has 2 aliphatic rings. The first-order valence-corrected chi connectivity index (χ1v) is 24.8. The summed E-state index contributed by atoms with van der Waals surface area (Å²) in [4.78, 5) is 0. The molecule has 0 bridgehead atoms. The number of fused-ring (bicyclic) bond motifs is 3. The van der Waals surface area contributed by atoms with E-state index in [1.807, 2.05) is 0 Å². The Kier molecular flexibility index (Phi) is 13.3. The molecule has 0 saturated carbocycles. The van der Waals surface area contributed by atoms with E-state index >= 15 is 0 Å². The first-order valence-electron chi connectivity index (χ1n) is 20.9. The molecule has 0 heterocycles. The molecule has 0 N–H and O–H groups in total. The van der Waals surface area contributed by atoms with Gasteiger partial charge in [0.15, 0.2) is 0 Å². The summed E-state index contributed by atoms with van der Waals surface area (Å²) in [6, 6.07) is 45.7. The van der Waals surface area contributed by atoms with Gasteiger partial charge in [0.25, 0.3) is 0 Å². The van der Waals surface area contributed by atoms with Crippen LogP contribution >= 0.6 is 0 Å². The minimum Gasteiger partial charge on any atom is -1.00 e. The Balaban J connectivity index is 0.00000320. The quantitative estimate of drug-likeness (QED) is 0.166. The zero-order valence-corrected chi connectivity index (χ0v) is 41.4. The minimum absolute atomic E-state index is 0. The van der Waals surface area contributed by atoms with Crippen LogP contribution < -0.4 is 24.8 Å². The van der Waals surface area contributed by atoms with Crippen molar-refractivity contribution in [2.45, 2.75) is 122 Å². The van der Waals surface area contributed by atoms with Crippen LogP contribution in [0.1, 0.15) is 151 Å². The molecule has 0 aromatic heterocycles. The number of rotatable bonds is 5. The summed E-state index contributed by atoms with van der Waals surface area (Å²) in [5, 5.41) is 0. The van der Waals surface area contributed by atoms with E-state index in [0.29, 0.717) is 9.54 Å². The summed E-state index contributed by atoms with van der Waals surface area (Å²) in [7, 11) is 0. The third-order valence-electron chi connectivity index (χ3n) is 12.4. The molecular weight excluding hydrogens is 823 g/mol. The molecule has 0 amide bonds. The average Bonchev–Trinajstić information content (AvgIpc) is 3.61. The first kappa shape index (κ1) is 46.0. The van der Waals surface area contributed by atoms with Crippen molar-refractivity contribution in [1.82, 2.24) is 0 Å². The second-order valence-electron chi connectivity index (χ2n) is 20.8. The normalized spacial score (nSPS) is 15.5. The van der Waals surface area contributed by atoms with Crippen molar-refractivity contribution in [2.24, 2.45) is 5.92 Å². The largest absolute Gasteiger partial charge is 1.00 e. The molecule has 0 nitrogen and oxygen atoms in total. The van der Waals surface area contributed by atoms with Gasteiger partial charge in [0, 0.05) is 0 Å². The molecule has 5 aromatic carbocycles. The fraction of sp³-hybridized carbons (Fsp3) is 0.364. The van der Waals surface area contributed by atoms with Gasteiger partial charge >= 0.3 is 350 Å². The van der Waals surface area contributed by atoms with Crippen molar-refractivity contribution in [3.05, 3.63) is 180 Å². The second kappa shape index (κ2) is 16.8. The van der Waals surface area contributed by atoms with E-state index in [1.54, 1.807) is 17.6 Å². The van der Waals surface area contributed by atoms with Crippen molar-refractivity contribution in [1.29, 1.82) is 0 Å². The fourth-order valence-electron chi connectivity index (χ4n) is 9.01. The Morgan fingerprint density at radius 2 is 0.862 bits per heavy atom. The van der Waals surface area contributed by atoms with Gasteiger partial charge in [0.05, 0.1) is 0 Å². The summed E-state index contributed by atoms with van der Waals surface area (Å²) in [6.07, 6.45) is 2.59. The maximum absolute atomic E-state index is 3.12. The van der Waals surface area contributed by atoms with Crippen LogP contribution in [-0.2, 0) is 42.9 Å². The molecule has 1 unspecified atom stereocenters. The zero-order chi connectivity index (χ0) is 40.5. The summed E-state index contributed by atoms with van der Waals surface area (Å²) >= 11 is -3.12. The third-order valence-corrected chi connectivity index (χ3v) is 21.6. The molecule has 0 saturated heterocycles. The number of hydrogen-bond acceptors (Lipinski definition) is 0. The Morgan fingerprint density at radius 3 is 1.24 bits per heavy atom. The van der Waals surface area contributed by atoms with Crippen LogP contribution in [0.4, 0.5) is 0 Å². The van der Waals surface area contributed by atoms with Crippen LogP contribution in [0.5, 0.6) is 0 Å². The van der Waals surface area contributed by atoms with Crippen molar-refractivity contribution in [2.75, 3.05) is 0 Å². The van der Waals surface area contributed by atoms with E-state index in [9.17, 15) is 0 Å². The third kappa shape index (κ3) is 8.85. The number of benzene rings is 5. The van der Waals surface area contributed by atoms with Gasteiger partial charge in [-0.2, -0.15) is 0 Å². The van der Waals surface area contributed by atoms with Gasteiger partial charge in [-0.1, -0.05) is 0 Å². The van der Waals surface area contributed by atoms with Crippen molar-refractivity contribution in [3.8, 4) is 11.1 Å². The molecule has 0 radical (unpaired) electrons. The first-order chi connectivity index (χ1) is 26.1. The molecule has 0 spiro atoms. The molecule has 302 valence electrons. The van der Waals surface area contributed by atoms with Gasteiger partial charge in [-0.05, 0) is 0 Å². The van der Waals surface area contributed by atoms with Gasteiger partial charge in [-0.25, -0.2) is 0 Å². The van der Waals surface area contributed by atoms with Crippen molar-refractivity contribution >= 4 is 8.78 Å². The van der Waals surface area contributed by atoms with Crippen LogP contribution in [0.3, 0.4) is 0 Å². The Hall–Kier alpha value is -3.09. The Bertz CT molecular complexity index is 2260. The van der Waals surface area contributed by atoms with E-state index in [-0.39, 0.29) is 46.5 Å². The van der Waals surface area contributed by atoms with Crippen LogP contribution in [-0.4, -0.2) is 3.21 Å². The smallest absolute Gasteiger partial charge is 1.00 e. The average molecular weight is 887 g/mol. The summed E-state index contributed by atoms with van der Waals surface area (Å²) in [6.45, 7) is 33.2.